The quantitative estimate of drug-likeness (QED) is 0.459. The highest BCUT2D eigenvalue weighted by molar-refractivity contribution is 7.99. The largest absolute Gasteiger partial charge is 0.493 e. The topological polar surface area (TPSA) is 120 Å². The first-order valence-electron chi connectivity index (χ1n) is 9.36. The van der Waals surface area contributed by atoms with Gasteiger partial charge in [-0.2, -0.15) is 0 Å². The summed E-state index contributed by atoms with van der Waals surface area (Å²) in [5.41, 5.74) is 1.13. The molecular weight excluding hydrogens is 420 g/mol. The number of benzene rings is 2. The third-order valence-corrected chi connectivity index (χ3v) is 5.01. The molecule has 1 aromatic heterocycles. The fourth-order valence-electron chi connectivity index (χ4n) is 2.56. The second kappa shape index (κ2) is 11.0. The van der Waals surface area contributed by atoms with Gasteiger partial charge in [-0.3, -0.25) is 9.59 Å². The Hall–Kier alpha value is -3.60. The van der Waals surface area contributed by atoms with Gasteiger partial charge in [-0.05, 0) is 40.8 Å². The van der Waals surface area contributed by atoms with E-state index in [-0.39, 0.29) is 18.4 Å². The van der Waals surface area contributed by atoms with E-state index in [0.717, 1.165) is 0 Å². The molecule has 0 aliphatic carbocycles. The number of methoxy groups -OCH3 is 1. The Morgan fingerprint density at radius 2 is 1.74 bits per heavy atom. The molecule has 0 spiro atoms. The van der Waals surface area contributed by atoms with E-state index in [9.17, 15) is 9.59 Å². The average Bonchev–Trinajstić information content (AvgIpc) is 3.17. The fraction of sp³-hybridized carbons (Fsp3) is 0.250. The Morgan fingerprint density at radius 3 is 2.42 bits per heavy atom. The lowest BCUT2D eigenvalue weighted by molar-refractivity contribution is -0.118. The van der Waals surface area contributed by atoms with E-state index in [1.807, 2.05) is 6.07 Å². The van der Waals surface area contributed by atoms with Gasteiger partial charge in [0.1, 0.15) is 0 Å². The van der Waals surface area contributed by atoms with Gasteiger partial charge >= 0.3 is 0 Å². The van der Waals surface area contributed by atoms with Gasteiger partial charge in [0.15, 0.2) is 18.1 Å². The molecule has 2 N–H and O–H groups in total. The van der Waals surface area contributed by atoms with Crippen molar-refractivity contribution in [2.24, 2.45) is 7.05 Å². The van der Waals surface area contributed by atoms with Gasteiger partial charge in [-0.25, -0.2) is 4.68 Å². The zero-order chi connectivity index (χ0) is 22.1. The van der Waals surface area contributed by atoms with Crippen LogP contribution in [0.4, 0.5) is 11.4 Å². The number of rotatable bonds is 10. The normalized spacial score (nSPS) is 10.4. The molecule has 0 aliphatic rings. The van der Waals surface area contributed by atoms with Crippen LogP contribution in [-0.2, 0) is 16.6 Å². The molecule has 0 fully saturated rings. The van der Waals surface area contributed by atoms with Crippen molar-refractivity contribution >= 4 is 35.0 Å². The molecule has 0 aliphatic heterocycles. The van der Waals surface area contributed by atoms with Crippen molar-refractivity contribution in [3.05, 3.63) is 48.5 Å². The average molecular weight is 443 g/mol. The lowest BCUT2D eigenvalue weighted by atomic mass is 10.2. The van der Waals surface area contributed by atoms with Crippen LogP contribution in [0.5, 0.6) is 11.5 Å². The molecule has 0 atom stereocenters. The number of para-hydroxylation sites is 2. The number of thioether (sulfide) groups is 1. The Morgan fingerprint density at radius 1 is 1.03 bits per heavy atom. The summed E-state index contributed by atoms with van der Waals surface area (Å²) in [5, 5.41) is 17.4. The van der Waals surface area contributed by atoms with E-state index in [4.69, 9.17) is 9.47 Å². The minimum absolute atomic E-state index is 0.148. The Balaban J connectivity index is 1.46. The third-order valence-electron chi connectivity index (χ3n) is 4.00. The maximum absolute atomic E-state index is 12.2. The van der Waals surface area contributed by atoms with Crippen LogP contribution >= 0.6 is 11.8 Å². The van der Waals surface area contributed by atoms with Crippen LogP contribution in [0.15, 0.2) is 53.7 Å². The molecule has 3 aromatic rings. The summed E-state index contributed by atoms with van der Waals surface area (Å²) in [7, 11) is 3.28. The van der Waals surface area contributed by atoms with Crippen molar-refractivity contribution in [2.75, 3.05) is 30.1 Å². The molecule has 0 saturated heterocycles. The standard InChI is InChI=1S/C20H22N6O4S/c1-26-20(23-24-25-26)31-11-10-18(27)21-14-6-5-7-15(12-14)22-19(28)13-30-17-9-4-3-8-16(17)29-2/h3-9,12H,10-11,13H2,1-2H3,(H,21,27)(H,22,28). The van der Waals surface area contributed by atoms with Crippen LogP contribution in [0.3, 0.4) is 0 Å². The van der Waals surface area contributed by atoms with Crippen LogP contribution in [-0.4, -0.2) is 51.5 Å². The SMILES string of the molecule is COc1ccccc1OCC(=O)Nc1cccc(NC(=O)CCSc2nnnn2C)c1. The van der Waals surface area contributed by atoms with Gasteiger partial charge in [0.05, 0.1) is 7.11 Å². The molecule has 10 nitrogen and oxygen atoms in total. The Kier molecular flexibility index (Phi) is 7.82. The first-order chi connectivity index (χ1) is 15.0. The number of aryl methyl sites for hydroxylation is 1. The van der Waals surface area contributed by atoms with E-state index in [1.54, 1.807) is 54.2 Å². The predicted octanol–water partition coefficient (Wildman–Crippen LogP) is 2.36. The maximum atomic E-state index is 12.2. The molecule has 11 heteroatoms. The third kappa shape index (κ3) is 6.71. The van der Waals surface area contributed by atoms with Gasteiger partial charge in [0, 0.05) is 30.6 Å². The summed E-state index contributed by atoms with van der Waals surface area (Å²) in [6.45, 7) is -0.176. The molecule has 31 heavy (non-hydrogen) atoms. The van der Waals surface area contributed by atoms with Crippen LogP contribution in [0, 0.1) is 0 Å². The van der Waals surface area contributed by atoms with Crippen molar-refractivity contribution < 1.29 is 19.1 Å². The zero-order valence-corrected chi connectivity index (χ0v) is 17.9. The van der Waals surface area contributed by atoms with E-state index in [1.165, 1.54) is 18.9 Å². The summed E-state index contributed by atoms with van der Waals surface area (Å²) < 4.78 is 12.3. The number of carbonyl (C=O) groups is 2. The van der Waals surface area contributed by atoms with Gasteiger partial charge in [0.25, 0.3) is 5.91 Å². The minimum atomic E-state index is -0.330. The van der Waals surface area contributed by atoms with E-state index in [0.29, 0.717) is 40.2 Å². The number of nitrogens with one attached hydrogen (secondary N) is 2. The highest BCUT2D eigenvalue weighted by Crippen LogP contribution is 2.25. The summed E-state index contributed by atoms with van der Waals surface area (Å²) in [4.78, 5) is 24.4. The lowest BCUT2D eigenvalue weighted by Crippen LogP contribution is -2.20. The van der Waals surface area contributed by atoms with Crippen LogP contribution in [0.1, 0.15) is 6.42 Å². The number of hydrogen-bond donors (Lipinski definition) is 2. The highest BCUT2D eigenvalue weighted by atomic mass is 32.2. The number of carbonyl (C=O) groups excluding carboxylic acids is 2. The van der Waals surface area contributed by atoms with E-state index in [2.05, 4.69) is 26.2 Å². The van der Waals surface area contributed by atoms with Crippen molar-refractivity contribution in [3.63, 3.8) is 0 Å². The summed E-state index contributed by atoms with van der Waals surface area (Å²) >= 11 is 1.40. The van der Waals surface area contributed by atoms with Crippen molar-refractivity contribution in [2.45, 2.75) is 11.6 Å². The number of nitrogens with zero attached hydrogens (tertiary/aromatic N) is 4. The number of tetrazole rings is 1. The molecule has 0 unspecified atom stereocenters. The number of aromatic nitrogens is 4. The number of anilines is 2. The molecule has 2 aromatic carbocycles. The smallest absolute Gasteiger partial charge is 0.262 e. The van der Waals surface area contributed by atoms with Gasteiger partial charge < -0.3 is 20.1 Å². The van der Waals surface area contributed by atoms with Crippen LogP contribution < -0.4 is 20.1 Å². The van der Waals surface area contributed by atoms with Gasteiger partial charge in [-0.1, -0.05) is 30.0 Å². The molecule has 0 radical (unpaired) electrons. The van der Waals surface area contributed by atoms with Gasteiger partial charge in [0.2, 0.25) is 11.1 Å². The predicted molar refractivity (Wildman–Crippen MR) is 116 cm³/mol. The van der Waals surface area contributed by atoms with Crippen molar-refractivity contribution in [1.29, 1.82) is 0 Å². The maximum Gasteiger partial charge on any atom is 0.262 e. The van der Waals surface area contributed by atoms with Gasteiger partial charge in [-0.15, -0.1) is 5.10 Å². The zero-order valence-electron chi connectivity index (χ0n) is 17.1. The summed E-state index contributed by atoms with van der Waals surface area (Å²) in [5.74, 6) is 1.09. The second-order valence-corrected chi connectivity index (χ2v) is 7.36. The molecule has 162 valence electrons. The van der Waals surface area contributed by atoms with E-state index >= 15 is 0 Å². The molecule has 0 saturated carbocycles. The number of amides is 2. The lowest BCUT2D eigenvalue weighted by Gasteiger charge is -2.11. The molecular formula is C20H22N6O4S. The number of hydrogen-bond acceptors (Lipinski definition) is 8. The van der Waals surface area contributed by atoms with E-state index < -0.39 is 0 Å². The fourth-order valence-corrected chi connectivity index (χ4v) is 3.34. The van der Waals surface area contributed by atoms with Crippen molar-refractivity contribution in [1.82, 2.24) is 20.2 Å². The van der Waals surface area contributed by atoms with Crippen LogP contribution in [0.2, 0.25) is 0 Å². The highest BCUT2D eigenvalue weighted by Gasteiger charge is 2.09. The summed E-state index contributed by atoms with van der Waals surface area (Å²) in [6.07, 6.45) is 0.293. The molecule has 2 amide bonds. The Bertz CT molecular complexity index is 1040. The number of ether oxygens (including phenoxy) is 2. The minimum Gasteiger partial charge on any atom is -0.493 e. The first-order valence-corrected chi connectivity index (χ1v) is 10.3. The van der Waals surface area contributed by atoms with Crippen molar-refractivity contribution in [3.8, 4) is 11.5 Å². The first kappa shape index (κ1) is 22.1. The summed E-state index contributed by atoms with van der Waals surface area (Å²) in [6, 6.07) is 14.0. The molecule has 3 rings (SSSR count). The molecule has 0 bridgehead atoms. The van der Waals surface area contributed by atoms with Crippen LogP contribution in [0.25, 0.3) is 0 Å². The molecule has 1 heterocycles. The second-order valence-electron chi connectivity index (χ2n) is 6.30. The Labute approximate surface area is 183 Å². The monoisotopic (exact) mass is 442 g/mol.